The third-order valence-corrected chi connectivity index (χ3v) is 3.24. The Morgan fingerprint density at radius 3 is 2.76 bits per heavy atom. The summed E-state index contributed by atoms with van der Waals surface area (Å²) in [6.07, 6.45) is 0. The zero-order valence-electron chi connectivity index (χ0n) is 12.1. The van der Waals surface area contributed by atoms with Crippen LogP contribution in [-0.4, -0.2) is 26.9 Å². The van der Waals surface area contributed by atoms with Gasteiger partial charge in [0.25, 0.3) is 0 Å². The molecule has 0 fully saturated rings. The maximum atomic E-state index is 5.83. The SMILES string of the molecule is CC(C)CNc1ccc(-c2ccc3[nH]nc(N)c3c2)nn1. The van der Waals surface area contributed by atoms with Crippen molar-refractivity contribution in [1.82, 2.24) is 20.4 Å². The minimum Gasteiger partial charge on any atom is -0.382 e. The summed E-state index contributed by atoms with van der Waals surface area (Å²) in [6.45, 7) is 5.18. The lowest BCUT2D eigenvalue weighted by atomic mass is 10.1. The van der Waals surface area contributed by atoms with E-state index in [1.165, 1.54) is 0 Å². The first-order valence-electron chi connectivity index (χ1n) is 6.95. The van der Waals surface area contributed by atoms with Crippen LogP contribution in [0.4, 0.5) is 11.6 Å². The van der Waals surface area contributed by atoms with Crippen LogP contribution in [0, 0.1) is 5.92 Å². The lowest BCUT2D eigenvalue weighted by Gasteiger charge is -2.07. The van der Waals surface area contributed by atoms with Crippen molar-refractivity contribution < 1.29 is 0 Å². The lowest BCUT2D eigenvalue weighted by Crippen LogP contribution is -2.09. The van der Waals surface area contributed by atoms with Crippen molar-refractivity contribution in [3.8, 4) is 11.3 Å². The molecule has 21 heavy (non-hydrogen) atoms. The molecule has 3 aromatic rings. The molecule has 6 nitrogen and oxygen atoms in total. The van der Waals surface area contributed by atoms with E-state index in [0.717, 1.165) is 34.5 Å². The Balaban J connectivity index is 1.86. The van der Waals surface area contributed by atoms with Crippen LogP contribution in [0.25, 0.3) is 22.2 Å². The minimum atomic E-state index is 0.495. The topological polar surface area (TPSA) is 92.5 Å². The molecule has 0 aliphatic carbocycles. The van der Waals surface area contributed by atoms with Crippen LogP contribution in [-0.2, 0) is 0 Å². The molecule has 6 heteroatoms. The number of nitrogens with zero attached hydrogens (tertiary/aromatic N) is 3. The highest BCUT2D eigenvalue weighted by atomic mass is 15.2. The molecule has 0 aliphatic heterocycles. The van der Waals surface area contributed by atoms with Crippen molar-refractivity contribution in [1.29, 1.82) is 0 Å². The first kappa shape index (κ1) is 13.4. The average molecular weight is 282 g/mol. The Labute approximate surface area is 122 Å². The van der Waals surface area contributed by atoms with E-state index >= 15 is 0 Å². The molecule has 2 heterocycles. The maximum Gasteiger partial charge on any atom is 0.153 e. The Hall–Kier alpha value is -2.63. The second kappa shape index (κ2) is 5.40. The standard InChI is InChI=1S/C15H18N6/c1-9(2)8-17-14-6-5-12(18-20-14)10-3-4-13-11(7-10)15(16)21-19-13/h3-7,9H,8H2,1-2H3,(H,17,20)(H3,16,19,21). The van der Waals surface area contributed by atoms with Gasteiger partial charge < -0.3 is 11.1 Å². The number of hydrogen-bond acceptors (Lipinski definition) is 5. The summed E-state index contributed by atoms with van der Waals surface area (Å²) in [4.78, 5) is 0. The fourth-order valence-corrected chi connectivity index (χ4v) is 2.08. The smallest absolute Gasteiger partial charge is 0.153 e. The molecule has 0 unspecified atom stereocenters. The minimum absolute atomic E-state index is 0.495. The first-order valence-corrected chi connectivity index (χ1v) is 6.95. The molecular weight excluding hydrogens is 264 g/mol. The van der Waals surface area contributed by atoms with Gasteiger partial charge in [-0.2, -0.15) is 5.10 Å². The summed E-state index contributed by atoms with van der Waals surface area (Å²) < 4.78 is 0. The van der Waals surface area contributed by atoms with E-state index in [1.807, 2.05) is 30.3 Å². The summed E-state index contributed by atoms with van der Waals surface area (Å²) in [5.41, 5.74) is 8.53. The summed E-state index contributed by atoms with van der Waals surface area (Å²) in [5.74, 6) is 1.85. The molecule has 0 bridgehead atoms. The fraction of sp³-hybridized carbons (Fsp3) is 0.267. The van der Waals surface area contributed by atoms with Gasteiger partial charge in [-0.3, -0.25) is 5.10 Å². The molecule has 0 saturated heterocycles. The Kier molecular flexibility index (Phi) is 3.43. The number of H-pyrrole nitrogens is 1. The number of fused-ring (bicyclic) bond motifs is 1. The highest BCUT2D eigenvalue weighted by molar-refractivity contribution is 5.91. The third-order valence-electron chi connectivity index (χ3n) is 3.24. The van der Waals surface area contributed by atoms with E-state index in [2.05, 4.69) is 39.6 Å². The van der Waals surface area contributed by atoms with Gasteiger partial charge in [0.1, 0.15) is 5.82 Å². The average Bonchev–Trinajstić information content (AvgIpc) is 2.87. The maximum absolute atomic E-state index is 5.83. The predicted octanol–water partition coefficient (Wildman–Crippen LogP) is 2.67. The van der Waals surface area contributed by atoms with Gasteiger partial charge in [0.2, 0.25) is 0 Å². The molecule has 1 aromatic carbocycles. The second-order valence-corrected chi connectivity index (χ2v) is 5.45. The number of benzene rings is 1. The number of rotatable bonds is 4. The number of nitrogens with two attached hydrogens (primary N) is 1. The molecule has 0 aliphatic rings. The van der Waals surface area contributed by atoms with Gasteiger partial charge in [-0.1, -0.05) is 19.9 Å². The number of aromatic amines is 1. The zero-order valence-corrected chi connectivity index (χ0v) is 12.1. The summed E-state index contributed by atoms with van der Waals surface area (Å²) in [7, 11) is 0. The van der Waals surface area contributed by atoms with Crippen molar-refractivity contribution in [2.24, 2.45) is 5.92 Å². The molecule has 108 valence electrons. The summed E-state index contributed by atoms with van der Waals surface area (Å²) in [5, 5.41) is 19.5. The van der Waals surface area contributed by atoms with Gasteiger partial charge in [0.05, 0.1) is 11.2 Å². The molecule has 0 atom stereocenters. The normalized spacial score (nSPS) is 11.2. The van der Waals surface area contributed by atoms with E-state index in [-0.39, 0.29) is 0 Å². The second-order valence-electron chi connectivity index (χ2n) is 5.45. The molecule has 4 N–H and O–H groups in total. The van der Waals surface area contributed by atoms with Crippen LogP contribution >= 0.6 is 0 Å². The largest absolute Gasteiger partial charge is 0.382 e. The highest BCUT2D eigenvalue weighted by Gasteiger charge is 2.06. The van der Waals surface area contributed by atoms with E-state index in [9.17, 15) is 0 Å². The van der Waals surface area contributed by atoms with E-state index in [0.29, 0.717) is 11.7 Å². The number of nitrogens with one attached hydrogen (secondary N) is 2. The van der Waals surface area contributed by atoms with Crippen molar-refractivity contribution >= 4 is 22.5 Å². The molecule has 0 radical (unpaired) electrons. The monoisotopic (exact) mass is 282 g/mol. The third kappa shape index (κ3) is 2.79. The van der Waals surface area contributed by atoms with E-state index < -0.39 is 0 Å². The summed E-state index contributed by atoms with van der Waals surface area (Å²) >= 11 is 0. The van der Waals surface area contributed by atoms with Crippen LogP contribution in [0.1, 0.15) is 13.8 Å². The van der Waals surface area contributed by atoms with Crippen LogP contribution in [0.15, 0.2) is 30.3 Å². The quantitative estimate of drug-likeness (QED) is 0.684. The highest BCUT2D eigenvalue weighted by Crippen LogP contribution is 2.25. The van der Waals surface area contributed by atoms with Crippen molar-refractivity contribution in [3.63, 3.8) is 0 Å². The van der Waals surface area contributed by atoms with Gasteiger partial charge >= 0.3 is 0 Å². The van der Waals surface area contributed by atoms with Crippen molar-refractivity contribution in [3.05, 3.63) is 30.3 Å². The van der Waals surface area contributed by atoms with Crippen LogP contribution in [0.3, 0.4) is 0 Å². The Bertz CT molecular complexity index is 744. The van der Waals surface area contributed by atoms with E-state index in [1.54, 1.807) is 0 Å². The predicted molar refractivity (Wildman–Crippen MR) is 84.9 cm³/mol. The molecule has 0 saturated carbocycles. The lowest BCUT2D eigenvalue weighted by molar-refractivity contribution is 0.686. The Morgan fingerprint density at radius 1 is 1.19 bits per heavy atom. The zero-order chi connectivity index (χ0) is 14.8. The molecule has 3 rings (SSSR count). The van der Waals surface area contributed by atoms with Crippen molar-refractivity contribution in [2.75, 3.05) is 17.6 Å². The molecule has 2 aromatic heterocycles. The fourth-order valence-electron chi connectivity index (χ4n) is 2.08. The van der Waals surface area contributed by atoms with Gasteiger partial charge in [0.15, 0.2) is 5.82 Å². The van der Waals surface area contributed by atoms with E-state index in [4.69, 9.17) is 5.73 Å². The number of aromatic nitrogens is 4. The summed E-state index contributed by atoms with van der Waals surface area (Å²) in [6, 6.07) is 9.78. The molecular formula is C15H18N6. The number of hydrogen-bond donors (Lipinski definition) is 3. The molecule has 0 spiro atoms. The number of nitrogen functional groups attached to an aromatic ring is 1. The van der Waals surface area contributed by atoms with Crippen molar-refractivity contribution in [2.45, 2.75) is 13.8 Å². The van der Waals surface area contributed by atoms with Gasteiger partial charge in [-0.15, -0.1) is 10.2 Å². The molecule has 0 amide bonds. The van der Waals surface area contributed by atoms with Gasteiger partial charge in [-0.05, 0) is 30.2 Å². The number of anilines is 2. The first-order chi connectivity index (χ1) is 10.1. The van der Waals surface area contributed by atoms with Crippen LogP contribution in [0.2, 0.25) is 0 Å². The van der Waals surface area contributed by atoms with Gasteiger partial charge in [0, 0.05) is 17.5 Å². The van der Waals surface area contributed by atoms with Crippen LogP contribution < -0.4 is 11.1 Å². The van der Waals surface area contributed by atoms with Gasteiger partial charge in [-0.25, -0.2) is 0 Å². The van der Waals surface area contributed by atoms with Crippen LogP contribution in [0.5, 0.6) is 0 Å². The Morgan fingerprint density at radius 2 is 2.05 bits per heavy atom.